The van der Waals surface area contributed by atoms with Crippen LogP contribution >= 0.6 is 24.0 Å². The lowest BCUT2D eigenvalue weighted by Crippen LogP contribution is -2.48. The molecule has 1 heterocycles. The zero-order valence-corrected chi connectivity index (χ0v) is 15.3. The first kappa shape index (κ1) is 18.2. The van der Waals surface area contributed by atoms with Crippen LogP contribution in [0.3, 0.4) is 0 Å². The van der Waals surface area contributed by atoms with Crippen LogP contribution in [-0.2, 0) is 6.54 Å². The van der Waals surface area contributed by atoms with E-state index >= 15 is 0 Å². The highest BCUT2D eigenvalue weighted by atomic mass is 127. The molecule has 118 valence electrons. The fourth-order valence-electron chi connectivity index (χ4n) is 2.95. The van der Waals surface area contributed by atoms with Crippen LogP contribution in [-0.4, -0.2) is 31.0 Å². The molecular formula is C16H25FIN3. The van der Waals surface area contributed by atoms with Gasteiger partial charge >= 0.3 is 0 Å². The van der Waals surface area contributed by atoms with Crippen molar-refractivity contribution in [3.63, 3.8) is 0 Å². The molecule has 1 fully saturated rings. The Balaban J connectivity index is 0.00000220. The van der Waals surface area contributed by atoms with Crippen molar-refractivity contribution in [2.24, 2.45) is 16.8 Å². The summed E-state index contributed by atoms with van der Waals surface area (Å²) >= 11 is 0. The minimum absolute atomic E-state index is 0. The molecule has 0 spiro atoms. The normalized spacial score (nSPS) is 22.7. The largest absolute Gasteiger partial charge is 0.352 e. The number of benzene rings is 1. The van der Waals surface area contributed by atoms with Gasteiger partial charge in [0.1, 0.15) is 5.82 Å². The van der Waals surface area contributed by atoms with E-state index in [-0.39, 0.29) is 29.8 Å². The summed E-state index contributed by atoms with van der Waals surface area (Å²) in [5, 5.41) is 3.37. The van der Waals surface area contributed by atoms with E-state index in [4.69, 9.17) is 0 Å². The van der Waals surface area contributed by atoms with Crippen molar-refractivity contribution < 1.29 is 4.39 Å². The third-order valence-corrected chi connectivity index (χ3v) is 3.74. The van der Waals surface area contributed by atoms with E-state index < -0.39 is 0 Å². The van der Waals surface area contributed by atoms with Crippen LogP contribution in [0.4, 0.5) is 4.39 Å². The molecule has 0 saturated carbocycles. The van der Waals surface area contributed by atoms with E-state index in [2.05, 4.69) is 29.1 Å². The van der Waals surface area contributed by atoms with Crippen molar-refractivity contribution in [1.29, 1.82) is 0 Å². The SMILES string of the molecule is CN=C(NCc1ccc(F)cc1)N1CC(C)CC(C)C1.I. The van der Waals surface area contributed by atoms with Gasteiger partial charge < -0.3 is 10.2 Å². The second kappa shape index (κ2) is 8.56. The van der Waals surface area contributed by atoms with Gasteiger partial charge in [-0.25, -0.2) is 4.39 Å². The van der Waals surface area contributed by atoms with Crippen molar-refractivity contribution in [3.8, 4) is 0 Å². The molecule has 1 N–H and O–H groups in total. The van der Waals surface area contributed by atoms with Crippen LogP contribution in [0.2, 0.25) is 0 Å². The standard InChI is InChI=1S/C16H24FN3.HI/c1-12-8-13(2)11-20(10-12)16(18-3)19-9-14-4-6-15(17)7-5-14;/h4-7,12-13H,8-11H2,1-3H3,(H,18,19);1H. The van der Waals surface area contributed by atoms with Gasteiger partial charge in [-0.15, -0.1) is 24.0 Å². The van der Waals surface area contributed by atoms with Crippen LogP contribution in [0.15, 0.2) is 29.3 Å². The first-order valence-electron chi connectivity index (χ1n) is 7.28. The smallest absolute Gasteiger partial charge is 0.193 e. The lowest BCUT2D eigenvalue weighted by Gasteiger charge is -2.37. The van der Waals surface area contributed by atoms with Crippen LogP contribution in [0, 0.1) is 17.7 Å². The summed E-state index contributed by atoms with van der Waals surface area (Å²) in [6.45, 7) is 7.35. The minimum Gasteiger partial charge on any atom is -0.352 e. The third-order valence-electron chi connectivity index (χ3n) is 3.74. The van der Waals surface area contributed by atoms with Gasteiger partial charge in [-0.1, -0.05) is 26.0 Å². The third kappa shape index (κ3) is 5.45. The molecule has 3 nitrogen and oxygen atoms in total. The Morgan fingerprint density at radius 2 is 1.81 bits per heavy atom. The van der Waals surface area contributed by atoms with Crippen molar-refractivity contribution in [1.82, 2.24) is 10.2 Å². The molecule has 1 aliphatic heterocycles. The second-order valence-electron chi connectivity index (χ2n) is 5.88. The fraction of sp³-hybridized carbons (Fsp3) is 0.562. The molecule has 1 aromatic rings. The fourth-order valence-corrected chi connectivity index (χ4v) is 2.95. The maximum absolute atomic E-state index is 12.9. The highest BCUT2D eigenvalue weighted by Crippen LogP contribution is 2.20. The van der Waals surface area contributed by atoms with Crippen molar-refractivity contribution in [2.45, 2.75) is 26.8 Å². The highest BCUT2D eigenvalue weighted by Gasteiger charge is 2.23. The van der Waals surface area contributed by atoms with E-state index in [1.165, 1.54) is 18.6 Å². The Labute approximate surface area is 144 Å². The number of nitrogens with one attached hydrogen (secondary N) is 1. The summed E-state index contributed by atoms with van der Waals surface area (Å²) in [5.74, 6) is 2.13. The Hall–Kier alpha value is -0.850. The topological polar surface area (TPSA) is 27.6 Å². The minimum atomic E-state index is -0.197. The quantitative estimate of drug-likeness (QED) is 0.464. The first-order chi connectivity index (χ1) is 9.58. The van der Waals surface area contributed by atoms with E-state index in [1.54, 1.807) is 12.1 Å². The Morgan fingerprint density at radius 3 is 2.33 bits per heavy atom. The van der Waals surface area contributed by atoms with Crippen LogP contribution in [0.25, 0.3) is 0 Å². The number of aliphatic imine (C=N–C) groups is 1. The predicted molar refractivity (Wildman–Crippen MR) is 96.5 cm³/mol. The maximum atomic E-state index is 12.9. The maximum Gasteiger partial charge on any atom is 0.193 e. The average Bonchev–Trinajstić information content (AvgIpc) is 2.40. The zero-order chi connectivity index (χ0) is 14.5. The molecule has 1 aromatic carbocycles. The molecule has 2 unspecified atom stereocenters. The van der Waals surface area contributed by atoms with Crippen molar-refractivity contribution >= 4 is 29.9 Å². The molecule has 0 aliphatic carbocycles. The molecule has 0 bridgehead atoms. The molecule has 21 heavy (non-hydrogen) atoms. The van der Waals surface area contributed by atoms with Gasteiger partial charge in [-0.3, -0.25) is 4.99 Å². The van der Waals surface area contributed by atoms with Gasteiger partial charge in [0.2, 0.25) is 0 Å². The molecule has 1 saturated heterocycles. The van der Waals surface area contributed by atoms with Crippen LogP contribution in [0.1, 0.15) is 25.8 Å². The predicted octanol–water partition coefficient (Wildman–Crippen LogP) is 3.50. The Bertz CT molecular complexity index is 451. The van der Waals surface area contributed by atoms with E-state index in [0.717, 1.165) is 24.6 Å². The molecule has 5 heteroatoms. The molecule has 2 atom stereocenters. The number of rotatable bonds is 2. The van der Waals surface area contributed by atoms with Gasteiger partial charge in [0, 0.05) is 26.7 Å². The summed E-state index contributed by atoms with van der Waals surface area (Å²) in [7, 11) is 1.82. The summed E-state index contributed by atoms with van der Waals surface area (Å²) in [4.78, 5) is 6.69. The van der Waals surface area contributed by atoms with Gasteiger partial charge in [-0.05, 0) is 36.0 Å². The lowest BCUT2D eigenvalue weighted by atomic mass is 9.92. The zero-order valence-electron chi connectivity index (χ0n) is 13.0. The van der Waals surface area contributed by atoms with Gasteiger partial charge in [0.25, 0.3) is 0 Å². The summed E-state index contributed by atoms with van der Waals surface area (Å²) < 4.78 is 12.9. The van der Waals surface area contributed by atoms with Crippen molar-refractivity contribution in [3.05, 3.63) is 35.6 Å². The van der Waals surface area contributed by atoms with Gasteiger partial charge in [0.15, 0.2) is 5.96 Å². The summed E-state index contributed by atoms with van der Waals surface area (Å²) in [6.07, 6.45) is 1.28. The molecule has 1 aliphatic rings. The molecule has 0 radical (unpaired) electrons. The second-order valence-corrected chi connectivity index (χ2v) is 5.88. The molecular weight excluding hydrogens is 380 g/mol. The average molecular weight is 405 g/mol. The lowest BCUT2D eigenvalue weighted by molar-refractivity contribution is 0.208. The highest BCUT2D eigenvalue weighted by molar-refractivity contribution is 14.0. The van der Waals surface area contributed by atoms with Crippen LogP contribution < -0.4 is 5.32 Å². The monoisotopic (exact) mass is 405 g/mol. The van der Waals surface area contributed by atoms with E-state index in [1.807, 2.05) is 7.05 Å². The number of guanidine groups is 1. The van der Waals surface area contributed by atoms with Gasteiger partial charge in [0.05, 0.1) is 0 Å². The molecule has 0 aromatic heterocycles. The van der Waals surface area contributed by atoms with Crippen molar-refractivity contribution in [2.75, 3.05) is 20.1 Å². The number of hydrogen-bond donors (Lipinski definition) is 1. The van der Waals surface area contributed by atoms with Crippen LogP contribution in [0.5, 0.6) is 0 Å². The number of hydrogen-bond acceptors (Lipinski definition) is 1. The number of nitrogens with zero attached hydrogens (tertiary/aromatic N) is 2. The van der Waals surface area contributed by atoms with E-state index in [0.29, 0.717) is 18.4 Å². The van der Waals surface area contributed by atoms with E-state index in [9.17, 15) is 4.39 Å². The first-order valence-corrected chi connectivity index (χ1v) is 7.28. The number of piperidine rings is 1. The summed E-state index contributed by atoms with van der Waals surface area (Å²) in [5.41, 5.74) is 1.06. The number of likely N-dealkylation sites (tertiary alicyclic amines) is 1. The van der Waals surface area contributed by atoms with Gasteiger partial charge in [-0.2, -0.15) is 0 Å². The Morgan fingerprint density at radius 1 is 1.24 bits per heavy atom. The molecule has 2 rings (SSSR count). The number of halogens is 2. The molecule has 0 amide bonds. The summed E-state index contributed by atoms with van der Waals surface area (Å²) in [6, 6.07) is 6.59. The Kier molecular flexibility index (Phi) is 7.42.